The van der Waals surface area contributed by atoms with Gasteiger partial charge in [0.05, 0.1) is 12.2 Å². The monoisotopic (exact) mass is 266 g/mol. The van der Waals surface area contributed by atoms with Crippen LogP contribution in [-0.4, -0.2) is 30.2 Å². The van der Waals surface area contributed by atoms with Crippen LogP contribution in [-0.2, 0) is 12.8 Å². The number of rotatable bonds is 2. The second kappa shape index (κ2) is 4.26. The molecule has 1 aromatic carbocycles. The van der Waals surface area contributed by atoms with Gasteiger partial charge in [-0.05, 0) is 30.9 Å². The van der Waals surface area contributed by atoms with Gasteiger partial charge >= 0.3 is 0 Å². The van der Waals surface area contributed by atoms with Crippen LogP contribution in [0.1, 0.15) is 23.0 Å². The summed E-state index contributed by atoms with van der Waals surface area (Å²) < 4.78 is 1.99. The van der Waals surface area contributed by atoms with Gasteiger partial charge in [0, 0.05) is 0 Å². The highest BCUT2D eigenvalue weighted by molar-refractivity contribution is 5.47. The van der Waals surface area contributed by atoms with Crippen LogP contribution in [0, 0.1) is 6.92 Å². The molecule has 3 aromatic rings. The highest BCUT2D eigenvalue weighted by Gasteiger charge is 2.26. The molecule has 1 aliphatic carbocycles. The zero-order valence-corrected chi connectivity index (χ0v) is 11.1. The van der Waals surface area contributed by atoms with Gasteiger partial charge in [-0.2, -0.15) is 20.5 Å². The van der Waals surface area contributed by atoms with E-state index in [0.29, 0.717) is 6.04 Å². The van der Waals surface area contributed by atoms with Crippen molar-refractivity contribution in [2.24, 2.45) is 0 Å². The molecule has 0 bridgehead atoms. The van der Waals surface area contributed by atoms with Crippen molar-refractivity contribution in [1.29, 1.82) is 0 Å². The van der Waals surface area contributed by atoms with Gasteiger partial charge in [-0.1, -0.05) is 24.3 Å². The molecule has 1 N–H and O–H groups in total. The Morgan fingerprint density at radius 2 is 1.95 bits per heavy atom. The molecule has 4 rings (SSSR count). The van der Waals surface area contributed by atoms with Gasteiger partial charge in [-0.15, -0.1) is 0 Å². The first kappa shape index (κ1) is 11.3. The molecular weight excluding hydrogens is 252 g/mol. The van der Waals surface area contributed by atoms with Crippen molar-refractivity contribution >= 4 is 0 Å². The van der Waals surface area contributed by atoms with Crippen LogP contribution < -0.4 is 0 Å². The van der Waals surface area contributed by atoms with Crippen molar-refractivity contribution < 1.29 is 0 Å². The van der Waals surface area contributed by atoms with Crippen molar-refractivity contribution in [2.75, 3.05) is 0 Å². The minimum atomic E-state index is 0.306. The summed E-state index contributed by atoms with van der Waals surface area (Å²) in [5.41, 5.74) is 3.54. The lowest BCUT2D eigenvalue weighted by atomic mass is 10.1. The smallest absolute Gasteiger partial charge is 0.180 e. The molecule has 0 radical (unpaired) electrons. The Bertz CT molecular complexity index is 718. The molecular formula is C14H14N6. The molecule has 0 spiro atoms. The average molecular weight is 266 g/mol. The number of aryl methyl sites for hydroxylation is 1. The number of H-pyrrole nitrogens is 1. The number of aromatic amines is 1. The van der Waals surface area contributed by atoms with E-state index in [1.807, 2.05) is 11.6 Å². The Hall–Kier alpha value is -2.50. The third kappa shape index (κ3) is 1.72. The first-order valence-electron chi connectivity index (χ1n) is 6.67. The summed E-state index contributed by atoms with van der Waals surface area (Å²) >= 11 is 0. The van der Waals surface area contributed by atoms with E-state index in [1.54, 1.807) is 6.20 Å². The van der Waals surface area contributed by atoms with Gasteiger partial charge in [0.2, 0.25) is 0 Å². The predicted molar refractivity (Wildman–Crippen MR) is 73.0 cm³/mol. The maximum Gasteiger partial charge on any atom is 0.180 e. The van der Waals surface area contributed by atoms with Crippen LogP contribution in [0.3, 0.4) is 0 Å². The standard InChI is InChI=1S/C14H14N6/c1-9-16-14(13-8-15-19-17-13)20(18-9)12-6-10-4-2-3-5-11(10)7-12/h2-5,8,12H,6-7H2,1H3,(H,15,17,19). The number of aromatic nitrogens is 6. The Morgan fingerprint density at radius 3 is 2.60 bits per heavy atom. The number of fused-ring (bicyclic) bond motifs is 1. The highest BCUT2D eigenvalue weighted by Crippen LogP contribution is 2.31. The van der Waals surface area contributed by atoms with E-state index >= 15 is 0 Å². The molecule has 2 heterocycles. The zero-order valence-electron chi connectivity index (χ0n) is 11.1. The van der Waals surface area contributed by atoms with E-state index in [1.165, 1.54) is 11.1 Å². The van der Waals surface area contributed by atoms with Gasteiger partial charge in [0.25, 0.3) is 0 Å². The Balaban J connectivity index is 1.74. The molecule has 0 amide bonds. The molecule has 0 saturated heterocycles. The van der Waals surface area contributed by atoms with Crippen LogP contribution in [0.4, 0.5) is 0 Å². The van der Waals surface area contributed by atoms with Crippen LogP contribution in [0.5, 0.6) is 0 Å². The summed E-state index contributed by atoms with van der Waals surface area (Å²) in [5.74, 6) is 1.55. The Morgan fingerprint density at radius 1 is 1.20 bits per heavy atom. The van der Waals surface area contributed by atoms with Crippen LogP contribution >= 0.6 is 0 Å². The van der Waals surface area contributed by atoms with Crippen molar-refractivity contribution in [3.8, 4) is 11.5 Å². The van der Waals surface area contributed by atoms with Gasteiger partial charge in [-0.3, -0.25) is 0 Å². The molecule has 0 aliphatic heterocycles. The summed E-state index contributed by atoms with van der Waals surface area (Å²) in [6.45, 7) is 1.90. The third-order valence-corrected chi connectivity index (χ3v) is 3.76. The summed E-state index contributed by atoms with van der Waals surface area (Å²) in [6, 6.07) is 8.86. The molecule has 6 nitrogen and oxygen atoms in total. The van der Waals surface area contributed by atoms with E-state index in [9.17, 15) is 0 Å². The lowest BCUT2D eigenvalue weighted by Crippen LogP contribution is -2.12. The third-order valence-electron chi connectivity index (χ3n) is 3.76. The highest BCUT2D eigenvalue weighted by atomic mass is 15.4. The minimum absolute atomic E-state index is 0.306. The predicted octanol–water partition coefficient (Wildman–Crippen LogP) is 1.71. The van der Waals surface area contributed by atoms with Crippen molar-refractivity contribution in [1.82, 2.24) is 30.2 Å². The Labute approximate surface area is 115 Å². The van der Waals surface area contributed by atoms with Crippen LogP contribution in [0.15, 0.2) is 30.5 Å². The largest absolute Gasteiger partial charge is 0.240 e. The van der Waals surface area contributed by atoms with E-state index in [-0.39, 0.29) is 0 Å². The first-order chi connectivity index (χ1) is 9.81. The number of benzene rings is 1. The van der Waals surface area contributed by atoms with Gasteiger partial charge in [-0.25, -0.2) is 9.67 Å². The quantitative estimate of drug-likeness (QED) is 0.766. The zero-order chi connectivity index (χ0) is 13.5. The molecule has 1 aliphatic rings. The summed E-state index contributed by atoms with van der Waals surface area (Å²) in [7, 11) is 0. The molecule has 0 unspecified atom stereocenters. The molecule has 2 aromatic heterocycles. The van der Waals surface area contributed by atoms with E-state index in [2.05, 4.69) is 49.8 Å². The summed E-state index contributed by atoms with van der Waals surface area (Å²) in [4.78, 5) is 4.49. The van der Waals surface area contributed by atoms with E-state index in [0.717, 1.165) is 30.2 Å². The van der Waals surface area contributed by atoms with Gasteiger partial charge < -0.3 is 0 Å². The number of nitrogens with zero attached hydrogens (tertiary/aromatic N) is 5. The molecule has 100 valence electrons. The normalized spacial score (nSPS) is 14.7. The van der Waals surface area contributed by atoms with E-state index in [4.69, 9.17) is 0 Å². The second-order valence-corrected chi connectivity index (χ2v) is 5.11. The molecule has 20 heavy (non-hydrogen) atoms. The maximum absolute atomic E-state index is 4.56. The summed E-state index contributed by atoms with van der Waals surface area (Å²) in [6.07, 6.45) is 3.66. The molecule has 0 fully saturated rings. The van der Waals surface area contributed by atoms with Gasteiger partial charge in [0.15, 0.2) is 5.82 Å². The molecule has 0 saturated carbocycles. The first-order valence-corrected chi connectivity index (χ1v) is 6.67. The number of nitrogens with one attached hydrogen (secondary N) is 1. The summed E-state index contributed by atoms with van der Waals surface area (Å²) in [5, 5.41) is 15.2. The van der Waals surface area contributed by atoms with Crippen LogP contribution in [0.25, 0.3) is 11.5 Å². The van der Waals surface area contributed by atoms with Gasteiger partial charge in [0.1, 0.15) is 11.5 Å². The number of hydrogen-bond acceptors (Lipinski definition) is 4. The maximum atomic E-state index is 4.56. The van der Waals surface area contributed by atoms with Crippen LogP contribution in [0.2, 0.25) is 0 Å². The van der Waals surface area contributed by atoms with E-state index < -0.39 is 0 Å². The fraction of sp³-hybridized carbons (Fsp3) is 0.286. The lowest BCUT2D eigenvalue weighted by Gasteiger charge is -2.11. The minimum Gasteiger partial charge on any atom is -0.240 e. The number of hydrogen-bond donors (Lipinski definition) is 1. The van der Waals surface area contributed by atoms with Crippen molar-refractivity contribution in [3.05, 3.63) is 47.4 Å². The van der Waals surface area contributed by atoms with Crippen molar-refractivity contribution in [3.63, 3.8) is 0 Å². The fourth-order valence-corrected chi connectivity index (χ4v) is 2.88. The fourth-order valence-electron chi connectivity index (χ4n) is 2.88. The SMILES string of the molecule is Cc1nc(-c2cn[nH]n2)n(C2Cc3ccccc3C2)n1. The Kier molecular flexibility index (Phi) is 2.42. The average Bonchev–Trinajstić information content (AvgIpc) is 3.16. The van der Waals surface area contributed by atoms with Crippen molar-refractivity contribution in [2.45, 2.75) is 25.8 Å². The molecule has 6 heteroatoms. The molecule has 0 atom stereocenters. The lowest BCUT2D eigenvalue weighted by molar-refractivity contribution is 0.477. The topological polar surface area (TPSA) is 72.3 Å². The second-order valence-electron chi connectivity index (χ2n) is 5.11.